The molecule has 0 atom stereocenters. The lowest BCUT2D eigenvalue weighted by molar-refractivity contribution is 0.281. The average Bonchev–Trinajstić information content (AvgIpc) is 2.39. The number of aryl methyl sites for hydroxylation is 1. The molecule has 1 aromatic carbocycles. The average molecular weight is 283 g/mol. The van der Waals surface area contributed by atoms with Gasteiger partial charge < -0.3 is 5.11 Å². The van der Waals surface area contributed by atoms with Crippen molar-refractivity contribution in [1.29, 1.82) is 0 Å². The van der Waals surface area contributed by atoms with Crippen LogP contribution in [0.4, 0.5) is 0 Å². The van der Waals surface area contributed by atoms with E-state index in [0.717, 1.165) is 12.8 Å². The normalized spacial score (nSPS) is 11.8. The van der Waals surface area contributed by atoms with E-state index in [2.05, 4.69) is 6.58 Å². The topological polar surface area (TPSA) is 57.6 Å². The summed E-state index contributed by atoms with van der Waals surface area (Å²) in [6, 6.07) is 4.98. The van der Waals surface area contributed by atoms with Crippen molar-refractivity contribution in [3.63, 3.8) is 0 Å². The summed E-state index contributed by atoms with van der Waals surface area (Å²) in [6.07, 6.45) is 3.31. The van der Waals surface area contributed by atoms with E-state index in [1.807, 2.05) is 0 Å². The molecule has 0 saturated carbocycles. The third-order valence-corrected chi connectivity index (χ3v) is 5.00. The van der Waals surface area contributed by atoms with Crippen molar-refractivity contribution in [1.82, 2.24) is 4.31 Å². The molecule has 1 N–H and O–H groups in total. The number of unbranched alkanes of at least 4 members (excludes halogenated alkanes) is 1. The van der Waals surface area contributed by atoms with Crippen LogP contribution in [-0.2, 0) is 16.6 Å². The van der Waals surface area contributed by atoms with Gasteiger partial charge in [-0.15, -0.1) is 6.58 Å². The molecule has 0 amide bonds. The lowest BCUT2D eigenvalue weighted by Crippen LogP contribution is -2.28. The molecule has 0 aliphatic heterocycles. The molecule has 0 aliphatic carbocycles. The first-order valence-electron chi connectivity index (χ1n) is 6.21. The van der Waals surface area contributed by atoms with Crippen molar-refractivity contribution in [2.45, 2.75) is 31.3 Å². The molecule has 0 saturated heterocycles. The minimum atomic E-state index is -3.49. The second-order valence-electron chi connectivity index (χ2n) is 4.52. The maximum atomic E-state index is 12.4. The lowest BCUT2D eigenvalue weighted by Gasteiger charge is -2.18. The van der Waals surface area contributed by atoms with Crippen LogP contribution < -0.4 is 0 Å². The number of hydrogen-bond donors (Lipinski definition) is 1. The number of sulfonamides is 1. The highest BCUT2D eigenvalue weighted by Gasteiger charge is 2.22. The van der Waals surface area contributed by atoms with Crippen LogP contribution in [0.15, 0.2) is 35.7 Å². The molecule has 5 heteroatoms. The Morgan fingerprint density at radius 1 is 1.42 bits per heavy atom. The highest BCUT2D eigenvalue weighted by atomic mass is 32.2. The monoisotopic (exact) mass is 283 g/mol. The number of nitrogens with zero attached hydrogens (tertiary/aromatic N) is 1. The second-order valence-corrected chi connectivity index (χ2v) is 6.53. The van der Waals surface area contributed by atoms with E-state index < -0.39 is 10.0 Å². The Balaban J connectivity index is 3.01. The quantitative estimate of drug-likeness (QED) is 0.615. The van der Waals surface area contributed by atoms with Gasteiger partial charge in [0.25, 0.3) is 0 Å². The maximum absolute atomic E-state index is 12.4. The van der Waals surface area contributed by atoms with E-state index in [0.29, 0.717) is 17.7 Å². The van der Waals surface area contributed by atoms with Gasteiger partial charge in [0, 0.05) is 13.6 Å². The van der Waals surface area contributed by atoms with Crippen molar-refractivity contribution in [3.8, 4) is 0 Å². The minimum absolute atomic E-state index is 0.164. The van der Waals surface area contributed by atoms with Crippen LogP contribution in [0.3, 0.4) is 0 Å². The van der Waals surface area contributed by atoms with Crippen LogP contribution in [0.1, 0.15) is 24.0 Å². The van der Waals surface area contributed by atoms with Crippen LogP contribution in [0, 0.1) is 6.92 Å². The van der Waals surface area contributed by atoms with Crippen molar-refractivity contribution < 1.29 is 13.5 Å². The largest absolute Gasteiger partial charge is 0.392 e. The Bertz CT molecular complexity index is 538. The van der Waals surface area contributed by atoms with Gasteiger partial charge in [0.1, 0.15) is 0 Å². The summed E-state index contributed by atoms with van der Waals surface area (Å²) in [5.74, 6) is 0. The highest BCUT2D eigenvalue weighted by Crippen LogP contribution is 2.21. The van der Waals surface area contributed by atoms with Crippen molar-refractivity contribution in [2.24, 2.45) is 0 Å². The van der Waals surface area contributed by atoms with Gasteiger partial charge in [0.2, 0.25) is 10.0 Å². The number of rotatable bonds is 7. The Kier molecular flexibility index (Phi) is 5.72. The van der Waals surface area contributed by atoms with Crippen molar-refractivity contribution >= 4 is 10.0 Å². The van der Waals surface area contributed by atoms with E-state index in [4.69, 9.17) is 5.11 Å². The predicted octanol–water partition coefficient (Wildman–Crippen LogP) is 2.07. The minimum Gasteiger partial charge on any atom is -0.392 e. The number of aliphatic hydroxyl groups excluding tert-OH is 1. The van der Waals surface area contributed by atoms with Gasteiger partial charge in [0.15, 0.2) is 0 Å². The van der Waals surface area contributed by atoms with Crippen molar-refractivity contribution in [2.75, 3.05) is 13.6 Å². The van der Waals surface area contributed by atoms with Gasteiger partial charge in [0.05, 0.1) is 11.5 Å². The fourth-order valence-electron chi connectivity index (χ4n) is 1.77. The molecule has 106 valence electrons. The molecule has 1 rings (SSSR count). The summed E-state index contributed by atoms with van der Waals surface area (Å²) >= 11 is 0. The van der Waals surface area contributed by atoms with Gasteiger partial charge in [-0.1, -0.05) is 18.2 Å². The van der Waals surface area contributed by atoms with Gasteiger partial charge in [-0.05, 0) is 37.0 Å². The Morgan fingerprint density at radius 3 is 2.68 bits per heavy atom. The molecule has 0 unspecified atom stereocenters. The summed E-state index contributed by atoms with van der Waals surface area (Å²) in [7, 11) is -1.92. The molecule has 0 aromatic heterocycles. The number of benzene rings is 1. The Labute approximate surface area is 115 Å². The van der Waals surface area contributed by atoms with E-state index in [1.54, 1.807) is 32.2 Å². The maximum Gasteiger partial charge on any atom is 0.243 e. The summed E-state index contributed by atoms with van der Waals surface area (Å²) in [4.78, 5) is 0.264. The molecular weight excluding hydrogens is 262 g/mol. The lowest BCUT2D eigenvalue weighted by atomic mass is 10.2. The van der Waals surface area contributed by atoms with Crippen molar-refractivity contribution in [3.05, 3.63) is 42.0 Å². The summed E-state index contributed by atoms with van der Waals surface area (Å²) < 4.78 is 26.2. The fraction of sp³-hybridized carbons (Fsp3) is 0.429. The zero-order valence-electron chi connectivity index (χ0n) is 11.5. The van der Waals surface area contributed by atoms with Gasteiger partial charge in [-0.2, -0.15) is 0 Å². The van der Waals surface area contributed by atoms with Crippen LogP contribution in [-0.4, -0.2) is 31.4 Å². The standard InChI is InChI=1S/C14H21NO3S/c1-4-5-6-9-15(3)19(17,18)14-10-13(11-16)8-7-12(14)2/h4,7-8,10,16H,1,5-6,9,11H2,2-3H3. The first-order chi connectivity index (χ1) is 8.93. The molecule has 0 fully saturated rings. The van der Waals surface area contributed by atoms with Crippen LogP contribution >= 0.6 is 0 Å². The van der Waals surface area contributed by atoms with Gasteiger partial charge in [-0.3, -0.25) is 0 Å². The zero-order valence-corrected chi connectivity index (χ0v) is 12.3. The Hall–Kier alpha value is -1.17. The fourth-order valence-corrected chi connectivity index (χ4v) is 3.25. The third-order valence-electron chi connectivity index (χ3n) is 3.00. The predicted molar refractivity (Wildman–Crippen MR) is 76.3 cm³/mol. The van der Waals surface area contributed by atoms with Crippen LogP contribution in [0.25, 0.3) is 0 Å². The zero-order chi connectivity index (χ0) is 14.5. The van der Waals surface area contributed by atoms with Gasteiger partial charge >= 0.3 is 0 Å². The number of aliphatic hydroxyl groups is 1. The number of allylic oxidation sites excluding steroid dienone is 1. The highest BCUT2D eigenvalue weighted by molar-refractivity contribution is 7.89. The molecule has 0 spiro atoms. The molecule has 0 aliphatic rings. The van der Waals surface area contributed by atoms with E-state index in [1.165, 1.54) is 10.4 Å². The van der Waals surface area contributed by atoms with E-state index in [-0.39, 0.29) is 11.5 Å². The molecule has 0 radical (unpaired) electrons. The first kappa shape index (κ1) is 15.9. The molecule has 0 heterocycles. The van der Waals surface area contributed by atoms with Crippen LogP contribution in [0.5, 0.6) is 0 Å². The van der Waals surface area contributed by atoms with E-state index >= 15 is 0 Å². The van der Waals surface area contributed by atoms with E-state index in [9.17, 15) is 8.42 Å². The van der Waals surface area contributed by atoms with Crippen LogP contribution in [0.2, 0.25) is 0 Å². The smallest absolute Gasteiger partial charge is 0.243 e. The summed E-state index contributed by atoms with van der Waals surface area (Å²) in [6.45, 7) is 5.67. The second kappa shape index (κ2) is 6.84. The molecule has 1 aromatic rings. The molecule has 0 bridgehead atoms. The number of hydrogen-bond acceptors (Lipinski definition) is 3. The third kappa shape index (κ3) is 3.89. The first-order valence-corrected chi connectivity index (χ1v) is 7.65. The summed E-state index contributed by atoms with van der Waals surface area (Å²) in [5.41, 5.74) is 1.29. The Morgan fingerprint density at radius 2 is 2.11 bits per heavy atom. The van der Waals surface area contributed by atoms with Gasteiger partial charge in [-0.25, -0.2) is 12.7 Å². The molecule has 4 nitrogen and oxygen atoms in total. The summed E-state index contributed by atoms with van der Waals surface area (Å²) in [5, 5.41) is 9.11. The molecular formula is C14H21NO3S. The molecule has 19 heavy (non-hydrogen) atoms. The SMILES string of the molecule is C=CCCCN(C)S(=O)(=O)c1cc(CO)ccc1C.